The molecule has 1 aromatic carbocycles. The van der Waals surface area contributed by atoms with Gasteiger partial charge in [0.15, 0.2) is 11.5 Å². The lowest BCUT2D eigenvalue weighted by Crippen LogP contribution is -2.43. The van der Waals surface area contributed by atoms with Crippen molar-refractivity contribution in [2.75, 3.05) is 33.9 Å². The van der Waals surface area contributed by atoms with Crippen molar-refractivity contribution < 1.29 is 14.6 Å². The van der Waals surface area contributed by atoms with Crippen LogP contribution in [0.2, 0.25) is 5.02 Å². The first-order valence-corrected chi connectivity index (χ1v) is 7.78. The number of piperidine rings is 1. The van der Waals surface area contributed by atoms with E-state index in [1.807, 2.05) is 12.1 Å². The van der Waals surface area contributed by atoms with E-state index in [1.54, 1.807) is 14.2 Å². The Labute approximate surface area is 131 Å². The number of halogens is 1. The fourth-order valence-electron chi connectivity index (χ4n) is 2.95. The first-order chi connectivity index (χ1) is 10.1. The lowest BCUT2D eigenvalue weighted by molar-refractivity contribution is 0.0290. The Morgan fingerprint density at radius 2 is 2.10 bits per heavy atom. The number of likely N-dealkylation sites (tertiary alicyclic amines) is 1. The second-order valence-corrected chi connectivity index (χ2v) is 5.87. The monoisotopic (exact) mass is 313 g/mol. The van der Waals surface area contributed by atoms with Gasteiger partial charge in [-0.15, -0.1) is 0 Å². The molecule has 0 aliphatic carbocycles. The summed E-state index contributed by atoms with van der Waals surface area (Å²) in [6.45, 7) is 5.04. The van der Waals surface area contributed by atoms with Crippen LogP contribution in [-0.4, -0.2) is 50.0 Å². The van der Waals surface area contributed by atoms with Gasteiger partial charge in [0.25, 0.3) is 0 Å². The summed E-state index contributed by atoms with van der Waals surface area (Å²) in [7, 11) is 3.18. The van der Waals surface area contributed by atoms with E-state index in [0.29, 0.717) is 16.5 Å². The number of aliphatic hydroxyl groups excluding tert-OH is 1. The standard InChI is InChI=1S/C16H24ClNO3/c1-4-18-8-7-13(19)12(10-18)9-11-5-6-14(20-2)16(21-3)15(11)17/h5-6,12-13,19H,4,7-10H2,1-3H3. The molecule has 0 bridgehead atoms. The average molecular weight is 314 g/mol. The van der Waals surface area contributed by atoms with Gasteiger partial charge in [-0.05, 0) is 31.0 Å². The van der Waals surface area contributed by atoms with Crippen LogP contribution >= 0.6 is 11.6 Å². The fraction of sp³-hybridized carbons (Fsp3) is 0.625. The zero-order chi connectivity index (χ0) is 15.4. The lowest BCUT2D eigenvalue weighted by atomic mass is 9.88. The summed E-state index contributed by atoms with van der Waals surface area (Å²) in [5.74, 6) is 1.40. The third kappa shape index (κ3) is 3.62. The number of rotatable bonds is 5. The van der Waals surface area contributed by atoms with Gasteiger partial charge in [-0.2, -0.15) is 0 Å². The second-order valence-electron chi connectivity index (χ2n) is 5.49. The minimum atomic E-state index is -0.267. The quantitative estimate of drug-likeness (QED) is 0.907. The highest BCUT2D eigenvalue weighted by molar-refractivity contribution is 6.33. The maximum Gasteiger partial charge on any atom is 0.179 e. The predicted octanol–water partition coefficient (Wildman–Crippen LogP) is 2.60. The number of nitrogens with zero attached hydrogens (tertiary/aromatic N) is 1. The number of benzene rings is 1. The van der Waals surface area contributed by atoms with Crippen molar-refractivity contribution in [1.82, 2.24) is 4.90 Å². The summed E-state index contributed by atoms with van der Waals surface area (Å²) >= 11 is 6.43. The van der Waals surface area contributed by atoms with Crippen molar-refractivity contribution in [3.63, 3.8) is 0 Å². The SMILES string of the molecule is CCN1CCC(O)C(Cc2ccc(OC)c(OC)c2Cl)C1. The molecule has 1 aliphatic heterocycles. The zero-order valence-electron chi connectivity index (χ0n) is 12.9. The highest BCUT2D eigenvalue weighted by Gasteiger charge is 2.28. The second kappa shape index (κ2) is 7.34. The minimum Gasteiger partial charge on any atom is -0.493 e. The van der Waals surface area contributed by atoms with Crippen LogP contribution in [0.1, 0.15) is 18.9 Å². The number of hydrogen-bond donors (Lipinski definition) is 1. The molecule has 5 heteroatoms. The zero-order valence-corrected chi connectivity index (χ0v) is 13.7. The molecule has 1 heterocycles. The molecule has 0 radical (unpaired) electrons. The molecule has 118 valence electrons. The van der Waals surface area contributed by atoms with E-state index in [4.69, 9.17) is 21.1 Å². The maximum absolute atomic E-state index is 10.2. The van der Waals surface area contributed by atoms with Crippen LogP contribution in [0.3, 0.4) is 0 Å². The van der Waals surface area contributed by atoms with Gasteiger partial charge in [-0.3, -0.25) is 0 Å². The maximum atomic E-state index is 10.2. The van der Waals surface area contributed by atoms with Crippen LogP contribution in [0.15, 0.2) is 12.1 Å². The summed E-state index contributed by atoms with van der Waals surface area (Å²) in [5.41, 5.74) is 0.997. The van der Waals surface area contributed by atoms with E-state index in [9.17, 15) is 5.11 Å². The van der Waals surface area contributed by atoms with Crippen molar-refractivity contribution >= 4 is 11.6 Å². The van der Waals surface area contributed by atoms with Crippen molar-refractivity contribution in [3.8, 4) is 11.5 Å². The summed E-state index contributed by atoms with van der Waals surface area (Å²) in [5, 5.41) is 10.8. The number of ether oxygens (including phenoxy) is 2. The molecule has 4 nitrogen and oxygen atoms in total. The highest BCUT2D eigenvalue weighted by Crippen LogP contribution is 2.38. The highest BCUT2D eigenvalue weighted by atomic mass is 35.5. The molecule has 1 saturated heterocycles. The van der Waals surface area contributed by atoms with E-state index in [2.05, 4.69) is 11.8 Å². The predicted molar refractivity (Wildman–Crippen MR) is 84.5 cm³/mol. The molecular weight excluding hydrogens is 290 g/mol. The molecule has 2 rings (SSSR count). The van der Waals surface area contributed by atoms with Gasteiger partial charge in [0.2, 0.25) is 0 Å². The van der Waals surface area contributed by atoms with Gasteiger partial charge in [-0.25, -0.2) is 0 Å². The third-order valence-electron chi connectivity index (χ3n) is 4.27. The van der Waals surface area contributed by atoms with Crippen LogP contribution < -0.4 is 9.47 Å². The summed E-state index contributed by atoms with van der Waals surface area (Å²) < 4.78 is 10.6. The Hall–Kier alpha value is -0.970. The van der Waals surface area contributed by atoms with E-state index in [-0.39, 0.29) is 12.0 Å². The normalized spacial score (nSPS) is 23.1. The molecule has 0 saturated carbocycles. The molecule has 0 spiro atoms. The van der Waals surface area contributed by atoms with Crippen molar-refractivity contribution in [2.24, 2.45) is 5.92 Å². The Morgan fingerprint density at radius 3 is 2.71 bits per heavy atom. The van der Waals surface area contributed by atoms with Crippen molar-refractivity contribution in [2.45, 2.75) is 25.9 Å². The van der Waals surface area contributed by atoms with Gasteiger partial charge in [-0.1, -0.05) is 24.6 Å². The molecular formula is C16H24ClNO3. The summed E-state index contributed by atoms with van der Waals surface area (Å²) in [6, 6.07) is 3.83. The topological polar surface area (TPSA) is 41.9 Å². The van der Waals surface area contributed by atoms with Crippen molar-refractivity contribution in [1.29, 1.82) is 0 Å². The van der Waals surface area contributed by atoms with Gasteiger partial charge in [0.05, 0.1) is 25.3 Å². The fourth-order valence-corrected chi connectivity index (χ4v) is 3.26. The summed E-state index contributed by atoms with van der Waals surface area (Å²) in [4.78, 5) is 2.37. The first kappa shape index (κ1) is 16.4. The smallest absolute Gasteiger partial charge is 0.179 e. The Bertz CT molecular complexity index is 481. The first-order valence-electron chi connectivity index (χ1n) is 7.40. The van der Waals surface area contributed by atoms with Crippen LogP contribution in [0.4, 0.5) is 0 Å². The van der Waals surface area contributed by atoms with E-state index in [1.165, 1.54) is 0 Å². The van der Waals surface area contributed by atoms with Crippen LogP contribution in [0.25, 0.3) is 0 Å². The van der Waals surface area contributed by atoms with Gasteiger partial charge >= 0.3 is 0 Å². The molecule has 0 aromatic heterocycles. The molecule has 0 amide bonds. The molecule has 2 unspecified atom stereocenters. The molecule has 21 heavy (non-hydrogen) atoms. The lowest BCUT2D eigenvalue weighted by Gasteiger charge is -2.35. The molecule has 1 aliphatic rings. The summed E-state index contributed by atoms with van der Waals surface area (Å²) in [6.07, 6.45) is 1.30. The Kier molecular flexibility index (Phi) is 5.73. The third-order valence-corrected chi connectivity index (χ3v) is 4.69. The van der Waals surface area contributed by atoms with Crippen LogP contribution in [0, 0.1) is 5.92 Å². The van der Waals surface area contributed by atoms with E-state index < -0.39 is 0 Å². The van der Waals surface area contributed by atoms with E-state index >= 15 is 0 Å². The molecule has 2 atom stereocenters. The minimum absolute atomic E-state index is 0.203. The van der Waals surface area contributed by atoms with Crippen LogP contribution in [-0.2, 0) is 6.42 Å². The Balaban J connectivity index is 2.18. The molecule has 1 aromatic rings. The largest absolute Gasteiger partial charge is 0.493 e. The average Bonchev–Trinajstić information content (AvgIpc) is 2.50. The molecule has 1 N–H and O–H groups in total. The van der Waals surface area contributed by atoms with Crippen LogP contribution in [0.5, 0.6) is 11.5 Å². The van der Waals surface area contributed by atoms with Crippen molar-refractivity contribution in [3.05, 3.63) is 22.7 Å². The number of methoxy groups -OCH3 is 2. The van der Waals surface area contributed by atoms with Gasteiger partial charge in [0, 0.05) is 19.0 Å². The Morgan fingerprint density at radius 1 is 1.33 bits per heavy atom. The number of aliphatic hydroxyl groups is 1. The van der Waals surface area contributed by atoms with E-state index in [0.717, 1.165) is 38.0 Å². The van der Waals surface area contributed by atoms with Gasteiger partial charge < -0.3 is 19.5 Å². The van der Waals surface area contributed by atoms with Gasteiger partial charge in [0.1, 0.15) is 0 Å². The number of hydrogen-bond acceptors (Lipinski definition) is 4. The molecule has 1 fully saturated rings.